The third kappa shape index (κ3) is 6.73. The molecule has 1 N–H and O–H groups in total. The summed E-state index contributed by atoms with van der Waals surface area (Å²) in [5.41, 5.74) is 1.76. The van der Waals surface area contributed by atoms with E-state index in [4.69, 9.17) is 14.2 Å². The molecule has 1 aliphatic heterocycles. The molecule has 3 rings (SSSR count). The lowest BCUT2D eigenvalue weighted by atomic mass is 9.98. The number of piperidine rings is 1. The first-order valence-corrected chi connectivity index (χ1v) is 9.88. The number of anilines is 1. The molecule has 0 radical (unpaired) electrons. The molecule has 2 heterocycles. The molecule has 156 valence electrons. The van der Waals surface area contributed by atoms with Gasteiger partial charge in [0.15, 0.2) is 0 Å². The smallest absolute Gasteiger partial charge is 0.238 e. The lowest BCUT2D eigenvalue weighted by molar-refractivity contribution is -0.117. The normalized spacial score (nSPS) is 15.1. The molecule has 0 spiro atoms. The van der Waals surface area contributed by atoms with Gasteiger partial charge in [0.1, 0.15) is 11.5 Å². The van der Waals surface area contributed by atoms with E-state index >= 15 is 0 Å². The molecule has 1 aromatic heterocycles. The van der Waals surface area contributed by atoms with Gasteiger partial charge in [-0.2, -0.15) is 0 Å². The Labute approximate surface area is 172 Å². The number of hydrogen-bond donors (Lipinski definition) is 1. The van der Waals surface area contributed by atoms with Crippen LogP contribution in [0.25, 0.3) is 0 Å². The fraction of sp³-hybridized carbons (Fsp3) is 0.455. The lowest BCUT2D eigenvalue weighted by Crippen LogP contribution is -2.40. The van der Waals surface area contributed by atoms with Crippen molar-refractivity contribution in [2.45, 2.75) is 19.4 Å². The Balaban J connectivity index is 1.36. The highest BCUT2D eigenvalue weighted by Crippen LogP contribution is 2.24. The number of pyridine rings is 1. The van der Waals surface area contributed by atoms with Gasteiger partial charge in [0.2, 0.25) is 5.91 Å². The van der Waals surface area contributed by atoms with Gasteiger partial charge in [-0.3, -0.25) is 14.7 Å². The summed E-state index contributed by atoms with van der Waals surface area (Å²) in [4.78, 5) is 18.4. The zero-order valence-electron chi connectivity index (χ0n) is 17.1. The number of likely N-dealkylation sites (tertiary alicyclic amines) is 1. The van der Waals surface area contributed by atoms with Crippen molar-refractivity contribution in [2.75, 3.05) is 45.8 Å². The number of rotatable bonds is 9. The van der Waals surface area contributed by atoms with E-state index < -0.39 is 0 Å². The number of nitrogens with one attached hydrogen (secondary N) is 1. The predicted octanol–water partition coefficient (Wildman–Crippen LogP) is 2.97. The van der Waals surface area contributed by atoms with Crippen molar-refractivity contribution >= 4 is 11.6 Å². The summed E-state index contributed by atoms with van der Waals surface area (Å²) in [6.07, 6.45) is 5.40. The number of carbonyl (C=O) groups excluding carboxylic acids is 1. The number of amides is 1. The zero-order chi connectivity index (χ0) is 20.5. The Morgan fingerprint density at radius 2 is 1.90 bits per heavy atom. The summed E-state index contributed by atoms with van der Waals surface area (Å²) in [5, 5.41) is 2.88. The van der Waals surface area contributed by atoms with Gasteiger partial charge in [-0.25, -0.2) is 0 Å². The first-order valence-electron chi connectivity index (χ1n) is 9.88. The van der Waals surface area contributed by atoms with E-state index in [1.165, 1.54) is 0 Å². The van der Waals surface area contributed by atoms with Crippen molar-refractivity contribution in [3.8, 4) is 11.5 Å². The number of benzene rings is 1. The maximum Gasteiger partial charge on any atom is 0.238 e. The third-order valence-corrected chi connectivity index (χ3v) is 5.05. The Kier molecular flexibility index (Phi) is 7.84. The molecule has 1 amide bonds. The second-order valence-corrected chi connectivity index (χ2v) is 7.25. The second kappa shape index (κ2) is 10.8. The summed E-state index contributed by atoms with van der Waals surface area (Å²) in [7, 11) is 3.29. The molecular formula is C22H29N3O4. The highest BCUT2D eigenvalue weighted by atomic mass is 16.5. The van der Waals surface area contributed by atoms with E-state index in [2.05, 4.69) is 15.2 Å². The van der Waals surface area contributed by atoms with Gasteiger partial charge >= 0.3 is 0 Å². The molecule has 2 aromatic rings. The molecule has 7 nitrogen and oxygen atoms in total. The van der Waals surface area contributed by atoms with Gasteiger partial charge in [-0.15, -0.1) is 0 Å². The second-order valence-electron chi connectivity index (χ2n) is 7.25. The van der Waals surface area contributed by atoms with Crippen molar-refractivity contribution in [2.24, 2.45) is 5.92 Å². The predicted molar refractivity (Wildman–Crippen MR) is 111 cm³/mol. The van der Waals surface area contributed by atoms with Crippen LogP contribution < -0.4 is 14.8 Å². The minimum atomic E-state index is -0.000304. The van der Waals surface area contributed by atoms with Crippen LogP contribution in [-0.4, -0.2) is 56.3 Å². The largest absolute Gasteiger partial charge is 0.497 e. The average Bonchev–Trinajstić information content (AvgIpc) is 2.75. The Hall–Kier alpha value is -2.64. The molecule has 0 unspecified atom stereocenters. The Morgan fingerprint density at radius 1 is 1.17 bits per heavy atom. The van der Waals surface area contributed by atoms with Gasteiger partial charge in [0, 0.05) is 18.9 Å². The number of aromatic nitrogens is 1. The Morgan fingerprint density at radius 3 is 2.52 bits per heavy atom. The summed E-state index contributed by atoms with van der Waals surface area (Å²) >= 11 is 0. The molecule has 0 bridgehead atoms. The van der Waals surface area contributed by atoms with E-state index in [9.17, 15) is 4.79 Å². The molecule has 1 aliphatic rings. The van der Waals surface area contributed by atoms with E-state index in [1.807, 2.05) is 30.3 Å². The molecule has 1 aromatic carbocycles. The highest BCUT2D eigenvalue weighted by Gasteiger charge is 2.21. The third-order valence-electron chi connectivity index (χ3n) is 5.05. The maximum absolute atomic E-state index is 12.2. The monoisotopic (exact) mass is 399 g/mol. The van der Waals surface area contributed by atoms with Crippen molar-refractivity contribution in [3.63, 3.8) is 0 Å². The van der Waals surface area contributed by atoms with Crippen LogP contribution in [0.4, 0.5) is 5.69 Å². The van der Waals surface area contributed by atoms with Crippen LogP contribution in [0.5, 0.6) is 11.5 Å². The van der Waals surface area contributed by atoms with Gasteiger partial charge in [-0.05, 0) is 61.7 Å². The number of methoxy groups -OCH3 is 2. The van der Waals surface area contributed by atoms with Crippen LogP contribution in [-0.2, 0) is 16.1 Å². The molecule has 7 heteroatoms. The van der Waals surface area contributed by atoms with Crippen LogP contribution in [0.15, 0.2) is 42.7 Å². The topological polar surface area (TPSA) is 72.9 Å². The van der Waals surface area contributed by atoms with Gasteiger partial charge < -0.3 is 19.5 Å². The molecule has 1 saturated heterocycles. The van der Waals surface area contributed by atoms with Crippen molar-refractivity contribution < 1.29 is 19.0 Å². The first-order chi connectivity index (χ1) is 14.2. The molecule has 29 heavy (non-hydrogen) atoms. The van der Waals surface area contributed by atoms with Crippen LogP contribution in [0.2, 0.25) is 0 Å². The maximum atomic E-state index is 12.2. The van der Waals surface area contributed by atoms with Gasteiger partial charge in [0.05, 0.1) is 39.3 Å². The number of hydrogen-bond acceptors (Lipinski definition) is 6. The van der Waals surface area contributed by atoms with E-state index in [0.717, 1.165) is 55.3 Å². The number of ether oxygens (including phenoxy) is 3. The molecule has 1 fully saturated rings. The highest BCUT2D eigenvalue weighted by molar-refractivity contribution is 5.92. The van der Waals surface area contributed by atoms with E-state index in [1.54, 1.807) is 26.6 Å². The summed E-state index contributed by atoms with van der Waals surface area (Å²) in [5.74, 6) is 2.04. The molecular weight excluding hydrogens is 370 g/mol. The van der Waals surface area contributed by atoms with Crippen molar-refractivity contribution in [1.29, 1.82) is 0 Å². The van der Waals surface area contributed by atoms with E-state index in [-0.39, 0.29) is 5.91 Å². The number of nitrogens with zero attached hydrogens (tertiary/aromatic N) is 2. The summed E-state index contributed by atoms with van der Waals surface area (Å²) < 4.78 is 16.5. The number of carbonyl (C=O) groups is 1. The molecule has 0 atom stereocenters. The van der Waals surface area contributed by atoms with Crippen LogP contribution in [0.3, 0.4) is 0 Å². The quantitative estimate of drug-likeness (QED) is 0.699. The standard InChI is InChI=1S/C22H29N3O4/c1-27-20-10-18(11-21(12-20)28-2)16-29-15-17-5-8-25(9-6-17)14-22(26)24-19-4-3-7-23-13-19/h3-4,7,10-13,17H,5-6,8-9,14-16H2,1-2H3,(H,24,26). The minimum Gasteiger partial charge on any atom is -0.497 e. The first kappa shape index (κ1) is 21.1. The van der Waals surface area contributed by atoms with Crippen LogP contribution >= 0.6 is 0 Å². The summed E-state index contributed by atoms with van der Waals surface area (Å²) in [6, 6.07) is 9.43. The van der Waals surface area contributed by atoms with Crippen molar-refractivity contribution in [1.82, 2.24) is 9.88 Å². The summed E-state index contributed by atoms with van der Waals surface area (Å²) in [6.45, 7) is 3.46. The minimum absolute atomic E-state index is 0.000304. The van der Waals surface area contributed by atoms with E-state index in [0.29, 0.717) is 19.1 Å². The van der Waals surface area contributed by atoms with Crippen molar-refractivity contribution in [3.05, 3.63) is 48.3 Å². The van der Waals surface area contributed by atoms with Crippen LogP contribution in [0, 0.1) is 5.92 Å². The van der Waals surface area contributed by atoms with Gasteiger partial charge in [-0.1, -0.05) is 0 Å². The molecule has 0 saturated carbocycles. The lowest BCUT2D eigenvalue weighted by Gasteiger charge is -2.31. The molecule has 0 aliphatic carbocycles. The fourth-order valence-corrected chi connectivity index (χ4v) is 3.44. The Bertz CT molecular complexity index is 755. The fourth-order valence-electron chi connectivity index (χ4n) is 3.44. The van der Waals surface area contributed by atoms with Crippen LogP contribution in [0.1, 0.15) is 18.4 Å². The zero-order valence-corrected chi connectivity index (χ0v) is 17.1. The average molecular weight is 399 g/mol. The SMILES string of the molecule is COc1cc(COCC2CCN(CC(=O)Nc3cccnc3)CC2)cc(OC)c1. The van der Waals surface area contributed by atoms with Gasteiger partial charge in [0.25, 0.3) is 0 Å².